The van der Waals surface area contributed by atoms with Crippen LogP contribution in [0.25, 0.3) is 0 Å². The topological polar surface area (TPSA) is 0 Å². The second kappa shape index (κ2) is 3.50. The fourth-order valence-electron chi connectivity index (χ4n) is 4.30. The summed E-state index contributed by atoms with van der Waals surface area (Å²) < 4.78 is 0. The molecule has 0 aromatic heterocycles. The molecule has 0 aliphatic heterocycles. The molecule has 0 bridgehead atoms. The molecule has 0 heteroatoms. The highest BCUT2D eigenvalue weighted by molar-refractivity contribution is 4.97. The van der Waals surface area contributed by atoms with Crippen LogP contribution in [-0.2, 0) is 0 Å². The monoisotopic (exact) mass is 208 g/mol. The first-order chi connectivity index (χ1) is 6.84. The van der Waals surface area contributed by atoms with Crippen molar-refractivity contribution < 1.29 is 0 Å². The molecule has 3 atom stereocenters. The second-order valence-corrected chi connectivity index (χ2v) is 7.47. The average molecular weight is 208 g/mol. The maximum absolute atomic E-state index is 2.51. The van der Waals surface area contributed by atoms with Gasteiger partial charge in [0.1, 0.15) is 0 Å². The van der Waals surface area contributed by atoms with Crippen LogP contribution >= 0.6 is 0 Å². The van der Waals surface area contributed by atoms with Crippen LogP contribution in [0.2, 0.25) is 0 Å². The number of hydrogen-bond donors (Lipinski definition) is 0. The van der Waals surface area contributed by atoms with Gasteiger partial charge >= 0.3 is 0 Å². The van der Waals surface area contributed by atoms with Gasteiger partial charge in [0.25, 0.3) is 0 Å². The Morgan fingerprint density at radius 3 is 2.20 bits per heavy atom. The molecule has 0 radical (unpaired) electrons. The Balaban J connectivity index is 2.21. The molecular formula is C15H28. The smallest absolute Gasteiger partial charge is 0.0323 e. The van der Waals surface area contributed by atoms with E-state index in [1.807, 2.05) is 0 Å². The average Bonchev–Trinajstić information content (AvgIpc) is 2.11. The lowest BCUT2D eigenvalue weighted by Gasteiger charge is -2.54. The van der Waals surface area contributed by atoms with E-state index < -0.39 is 0 Å². The van der Waals surface area contributed by atoms with E-state index in [0.717, 1.165) is 17.8 Å². The standard InChI is InChI=1S/C15H28/c1-11-12-7-6-9-15(4,5)13(12)8-10-14(11,2)3/h11-13H,6-10H2,1-5H3. The van der Waals surface area contributed by atoms with Gasteiger partial charge in [0.2, 0.25) is 0 Å². The molecule has 0 amide bonds. The van der Waals surface area contributed by atoms with E-state index >= 15 is 0 Å². The van der Waals surface area contributed by atoms with Crippen LogP contribution in [0.4, 0.5) is 0 Å². The lowest BCUT2D eigenvalue weighted by Crippen LogP contribution is -2.46. The third kappa shape index (κ3) is 1.85. The summed E-state index contributed by atoms with van der Waals surface area (Å²) in [6.45, 7) is 12.5. The summed E-state index contributed by atoms with van der Waals surface area (Å²) >= 11 is 0. The van der Waals surface area contributed by atoms with Gasteiger partial charge in [-0.2, -0.15) is 0 Å². The number of hydrogen-bond acceptors (Lipinski definition) is 0. The first-order valence-electron chi connectivity index (χ1n) is 6.84. The lowest BCUT2D eigenvalue weighted by molar-refractivity contribution is -0.0475. The lowest BCUT2D eigenvalue weighted by atomic mass is 9.51. The van der Waals surface area contributed by atoms with Crippen LogP contribution in [0, 0.1) is 28.6 Å². The fourth-order valence-corrected chi connectivity index (χ4v) is 4.30. The van der Waals surface area contributed by atoms with E-state index in [1.54, 1.807) is 0 Å². The maximum atomic E-state index is 2.51. The maximum Gasteiger partial charge on any atom is -0.0323 e. The van der Waals surface area contributed by atoms with Crippen LogP contribution in [-0.4, -0.2) is 0 Å². The van der Waals surface area contributed by atoms with Crippen molar-refractivity contribution in [2.45, 2.75) is 66.7 Å². The SMILES string of the molecule is CC1C2CCCC(C)(C)C2CCC1(C)C. The molecule has 2 saturated carbocycles. The van der Waals surface area contributed by atoms with Gasteiger partial charge in [0.15, 0.2) is 0 Å². The van der Waals surface area contributed by atoms with Crippen molar-refractivity contribution in [1.29, 1.82) is 0 Å². The Kier molecular flexibility index (Phi) is 2.68. The van der Waals surface area contributed by atoms with Crippen molar-refractivity contribution in [3.8, 4) is 0 Å². The molecule has 88 valence electrons. The highest BCUT2D eigenvalue weighted by Crippen LogP contribution is 2.57. The van der Waals surface area contributed by atoms with Crippen LogP contribution in [0.5, 0.6) is 0 Å². The van der Waals surface area contributed by atoms with Crippen molar-refractivity contribution in [3.63, 3.8) is 0 Å². The van der Waals surface area contributed by atoms with E-state index in [0.29, 0.717) is 10.8 Å². The Labute approximate surface area is 95.8 Å². The predicted octanol–water partition coefficient (Wildman–Crippen LogP) is 4.89. The van der Waals surface area contributed by atoms with Gasteiger partial charge in [0.05, 0.1) is 0 Å². The minimum Gasteiger partial charge on any atom is -0.0617 e. The fraction of sp³-hybridized carbons (Fsp3) is 1.00. The van der Waals surface area contributed by atoms with Crippen molar-refractivity contribution in [3.05, 3.63) is 0 Å². The van der Waals surface area contributed by atoms with Crippen molar-refractivity contribution in [2.24, 2.45) is 28.6 Å². The second-order valence-electron chi connectivity index (χ2n) is 7.47. The molecule has 2 aliphatic carbocycles. The third-order valence-corrected chi connectivity index (χ3v) is 5.85. The Morgan fingerprint density at radius 1 is 0.867 bits per heavy atom. The van der Waals surface area contributed by atoms with E-state index in [1.165, 1.54) is 32.1 Å². The van der Waals surface area contributed by atoms with Gasteiger partial charge in [-0.25, -0.2) is 0 Å². The van der Waals surface area contributed by atoms with Gasteiger partial charge in [0, 0.05) is 0 Å². The largest absolute Gasteiger partial charge is 0.0617 e. The normalized spacial score (nSPS) is 43.4. The molecule has 15 heavy (non-hydrogen) atoms. The molecule has 0 spiro atoms. The zero-order valence-corrected chi connectivity index (χ0v) is 11.3. The molecule has 2 aliphatic rings. The predicted molar refractivity (Wildman–Crippen MR) is 66.8 cm³/mol. The molecule has 2 rings (SSSR count). The van der Waals surface area contributed by atoms with Gasteiger partial charge in [-0.1, -0.05) is 41.0 Å². The van der Waals surface area contributed by atoms with E-state index in [2.05, 4.69) is 34.6 Å². The molecule has 0 heterocycles. The Morgan fingerprint density at radius 2 is 1.53 bits per heavy atom. The van der Waals surface area contributed by atoms with E-state index in [4.69, 9.17) is 0 Å². The number of rotatable bonds is 0. The third-order valence-electron chi connectivity index (χ3n) is 5.85. The summed E-state index contributed by atoms with van der Waals surface area (Å²) in [5.74, 6) is 2.95. The minimum atomic E-state index is 0.592. The van der Waals surface area contributed by atoms with Gasteiger partial charge in [-0.05, 0) is 54.3 Å². The number of fused-ring (bicyclic) bond motifs is 1. The first kappa shape index (κ1) is 11.5. The molecule has 0 nitrogen and oxygen atoms in total. The first-order valence-corrected chi connectivity index (χ1v) is 6.84. The Hall–Kier alpha value is 0. The van der Waals surface area contributed by atoms with Crippen LogP contribution < -0.4 is 0 Å². The summed E-state index contributed by atoms with van der Waals surface area (Å²) in [5, 5.41) is 0. The van der Waals surface area contributed by atoms with Crippen molar-refractivity contribution in [2.75, 3.05) is 0 Å². The van der Waals surface area contributed by atoms with Crippen LogP contribution in [0.3, 0.4) is 0 Å². The summed E-state index contributed by atoms with van der Waals surface area (Å²) in [4.78, 5) is 0. The summed E-state index contributed by atoms with van der Waals surface area (Å²) in [7, 11) is 0. The molecule has 0 aromatic rings. The molecule has 2 fully saturated rings. The van der Waals surface area contributed by atoms with E-state index in [-0.39, 0.29) is 0 Å². The molecule has 0 N–H and O–H groups in total. The zero-order valence-electron chi connectivity index (χ0n) is 11.3. The van der Waals surface area contributed by atoms with Gasteiger partial charge in [-0.15, -0.1) is 0 Å². The van der Waals surface area contributed by atoms with Crippen LogP contribution in [0.1, 0.15) is 66.7 Å². The molecular weight excluding hydrogens is 180 g/mol. The van der Waals surface area contributed by atoms with Gasteiger partial charge < -0.3 is 0 Å². The summed E-state index contributed by atoms with van der Waals surface area (Å²) in [5.41, 5.74) is 1.21. The van der Waals surface area contributed by atoms with E-state index in [9.17, 15) is 0 Å². The minimum absolute atomic E-state index is 0.592. The van der Waals surface area contributed by atoms with Crippen molar-refractivity contribution in [1.82, 2.24) is 0 Å². The van der Waals surface area contributed by atoms with Gasteiger partial charge in [-0.3, -0.25) is 0 Å². The molecule has 0 aromatic carbocycles. The molecule has 0 saturated heterocycles. The molecule has 3 unspecified atom stereocenters. The zero-order chi connectivity index (χ0) is 11.3. The highest BCUT2D eigenvalue weighted by atomic mass is 14.5. The summed E-state index contributed by atoms with van der Waals surface area (Å²) in [6.07, 6.45) is 7.35. The Bertz CT molecular complexity index is 236. The summed E-state index contributed by atoms with van der Waals surface area (Å²) in [6, 6.07) is 0. The van der Waals surface area contributed by atoms with Crippen LogP contribution in [0.15, 0.2) is 0 Å². The highest BCUT2D eigenvalue weighted by Gasteiger charge is 2.47. The van der Waals surface area contributed by atoms with Crippen molar-refractivity contribution >= 4 is 0 Å². The quantitative estimate of drug-likeness (QED) is 0.532.